The molecule has 0 saturated heterocycles. The van der Waals surface area contributed by atoms with Gasteiger partial charge in [-0.3, -0.25) is 0 Å². The minimum Gasteiger partial charge on any atom is -0.102 e. The Labute approximate surface area is 81.3 Å². The van der Waals surface area contributed by atoms with Gasteiger partial charge in [-0.05, 0) is 18.9 Å². The monoisotopic (exact) mass is 174 g/mol. The van der Waals surface area contributed by atoms with Crippen LogP contribution in [0.25, 0.3) is 0 Å². The van der Waals surface area contributed by atoms with Crippen molar-refractivity contribution in [3.05, 3.63) is 48.0 Å². The quantitative estimate of drug-likeness (QED) is 0.611. The minimum absolute atomic E-state index is 0.133. The summed E-state index contributed by atoms with van der Waals surface area (Å²) in [6.07, 6.45) is 3.14. The van der Waals surface area contributed by atoms with E-state index in [0.717, 1.165) is 6.42 Å². The zero-order valence-electron chi connectivity index (χ0n) is 8.80. The molecule has 0 saturated carbocycles. The van der Waals surface area contributed by atoms with Crippen LogP contribution in [0.5, 0.6) is 0 Å². The van der Waals surface area contributed by atoms with E-state index in [1.807, 2.05) is 6.08 Å². The number of hydrogen-bond acceptors (Lipinski definition) is 0. The third-order valence-corrected chi connectivity index (χ3v) is 2.90. The van der Waals surface area contributed by atoms with Crippen LogP contribution >= 0.6 is 0 Å². The van der Waals surface area contributed by atoms with E-state index < -0.39 is 0 Å². The van der Waals surface area contributed by atoms with Gasteiger partial charge >= 0.3 is 0 Å². The fourth-order valence-electron chi connectivity index (χ4n) is 1.40. The van der Waals surface area contributed by atoms with E-state index >= 15 is 0 Å². The molecular weight excluding hydrogens is 156 g/mol. The summed E-state index contributed by atoms with van der Waals surface area (Å²) in [6.45, 7) is 10.4. The van der Waals surface area contributed by atoms with Gasteiger partial charge in [-0.2, -0.15) is 0 Å². The SMILES string of the molecule is C=CC(C)(CC)c1ccc(C)cc1. The van der Waals surface area contributed by atoms with Crippen molar-refractivity contribution in [2.24, 2.45) is 0 Å². The molecule has 0 aliphatic heterocycles. The standard InChI is InChI=1S/C13H18/c1-5-13(4,6-2)12-9-7-11(3)8-10-12/h5,7-10H,1,6H2,2-4H3. The summed E-state index contributed by atoms with van der Waals surface area (Å²) < 4.78 is 0. The number of benzene rings is 1. The lowest BCUT2D eigenvalue weighted by Gasteiger charge is -2.24. The second-order valence-corrected chi connectivity index (χ2v) is 3.84. The van der Waals surface area contributed by atoms with Crippen LogP contribution in [0.1, 0.15) is 31.4 Å². The Balaban J connectivity index is 3.06. The van der Waals surface area contributed by atoms with Gasteiger partial charge in [-0.15, -0.1) is 6.58 Å². The Hall–Kier alpha value is -1.04. The number of hydrogen-bond donors (Lipinski definition) is 0. The van der Waals surface area contributed by atoms with Crippen LogP contribution in [-0.4, -0.2) is 0 Å². The molecule has 0 aliphatic rings. The van der Waals surface area contributed by atoms with Crippen molar-refractivity contribution in [2.75, 3.05) is 0 Å². The summed E-state index contributed by atoms with van der Waals surface area (Å²) >= 11 is 0. The maximum absolute atomic E-state index is 3.90. The van der Waals surface area contributed by atoms with Crippen LogP contribution in [0.4, 0.5) is 0 Å². The van der Waals surface area contributed by atoms with Gasteiger partial charge in [-0.1, -0.05) is 49.8 Å². The molecule has 0 heterocycles. The van der Waals surface area contributed by atoms with Crippen LogP contribution in [-0.2, 0) is 5.41 Å². The Morgan fingerprint density at radius 1 is 1.31 bits per heavy atom. The van der Waals surface area contributed by atoms with Crippen LogP contribution in [0.15, 0.2) is 36.9 Å². The summed E-state index contributed by atoms with van der Waals surface area (Å²) in [4.78, 5) is 0. The minimum atomic E-state index is 0.133. The van der Waals surface area contributed by atoms with Crippen molar-refractivity contribution in [1.82, 2.24) is 0 Å². The Bertz CT molecular complexity index is 281. The van der Waals surface area contributed by atoms with Crippen LogP contribution in [0.2, 0.25) is 0 Å². The molecule has 0 fully saturated rings. The average Bonchev–Trinajstić information content (AvgIpc) is 2.18. The predicted octanol–water partition coefficient (Wildman–Crippen LogP) is 3.85. The Morgan fingerprint density at radius 2 is 1.85 bits per heavy atom. The molecule has 0 nitrogen and oxygen atoms in total. The topological polar surface area (TPSA) is 0 Å². The first kappa shape index (κ1) is 10.0. The molecule has 13 heavy (non-hydrogen) atoms. The molecule has 0 amide bonds. The van der Waals surface area contributed by atoms with E-state index in [-0.39, 0.29) is 5.41 Å². The maximum atomic E-state index is 3.90. The number of aryl methyl sites for hydroxylation is 1. The maximum Gasteiger partial charge on any atom is 0.00983 e. The zero-order valence-corrected chi connectivity index (χ0v) is 8.80. The van der Waals surface area contributed by atoms with Gasteiger partial charge in [-0.25, -0.2) is 0 Å². The van der Waals surface area contributed by atoms with Crippen molar-refractivity contribution in [2.45, 2.75) is 32.6 Å². The van der Waals surface area contributed by atoms with Gasteiger partial charge < -0.3 is 0 Å². The smallest absolute Gasteiger partial charge is 0.00983 e. The fraction of sp³-hybridized carbons (Fsp3) is 0.385. The van der Waals surface area contributed by atoms with Crippen molar-refractivity contribution in [3.8, 4) is 0 Å². The first-order valence-electron chi connectivity index (χ1n) is 4.83. The normalized spacial score (nSPS) is 15.0. The fourth-order valence-corrected chi connectivity index (χ4v) is 1.40. The Kier molecular flexibility index (Phi) is 2.92. The predicted molar refractivity (Wildman–Crippen MR) is 59.0 cm³/mol. The highest BCUT2D eigenvalue weighted by Crippen LogP contribution is 2.28. The van der Waals surface area contributed by atoms with Gasteiger partial charge in [0.05, 0.1) is 0 Å². The third-order valence-electron chi connectivity index (χ3n) is 2.90. The van der Waals surface area contributed by atoms with E-state index in [0.29, 0.717) is 0 Å². The molecule has 70 valence electrons. The molecule has 1 rings (SSSR count). The van der Waals surface area contributed by atoms with Crippen molar-refractivity contribution >= 4 is 0 Å². The molecule has 0 N–H and O–H groups in total. The van der Waals surface area contributed by atoms with Crippen molar-refractivity contribution < 1.29 is 0 Å². The van der Waals surface area contributed by atoms with Gasteiger partial charge in [0.25, 0.3) is 0 Å². The molecule has 0 bridgehead atoms. The first-order valence-corrected chi connectivity index (χ1v) is 4.83. The molecule has 1 atom stereocenters. The van der Waals surface area contributed by atoms with Crippen molar-refractivity contribution in [1.29, 1.82) is 0 Å². The summed E-state index contributed by atoms with van der Waals surface area (Å²) in [7, 11) is 0. The van der Waals surface area contributed by atoms with Gasteiger partial charge in [0.15, 0.2) is 0 Å². The third kappa shape index (κ3) is 2.00. The van der Waals surface area contributed by atoms with Gasteiger partial charge in [0, 0.05) is 5.41 Å². The van der Waals surface area contributed by atoms with Crippen LogP contribution < -0.4 is 0 Å². The summed E-state index contributed by atoms with van der Waals surface area (Å²) in [5, 5.41) is 0. The van der Waals surface area contributed by atoms with E-state index in [4.69, 9.17) is 0 Å². The molecular formula is C13H18. The molecule has 0 aromatic heterocycles. The molecule has 1 aromatic carbocycles. The average molecular weight is 174 g/mol. The lowest BCUT2D eigenvalue weighted by molar-refractivity contribution is 0.574. The summed E-state index contributed by atoms with van der Waals surface area (Å²) in [5.74, 6) is 0. The molecule has 0 heteroatoms. The van der Waals surface area contributed by atoms with E-state index in [1.54, 1.807) is 0 Å². The highest BCUT2D eigenvalue weighted by Gasteiger charge is 2.19. The first-order chi connectivity index (χ1) is 6.12. The number of allylic oxidation sites excluding steroid dienone is 1. The summed E-state index contributed by atoms with van der Waals surface area (Å²) in [5.41, 5.74) is 2.80. The van der Waals surface area contributed by atoms with Gasteiger partial charge in [0.2, 0.25) is 0 Å². The number of rotatable bonds is 3. The molecule has 0 aliphatic carbocycles. The lowest BCUT2D eigenvalue weighted by atomic mass is 9.80. The van der Waals surface area contributed by atoms with E-state index in [1.165, 1.54) is 11.1 Å². The Morgan fingerprint density at radius 3 is 2.23 bits per heavy atom. The van der Waals surface area contributed by atoms with Crippen LogP contribution in [0, 0.1) is 6.92 Å². The highest BCUT2D eigenvalue weighted by molar-refractivity contribution is 5.31. The zero-order chi connectivity index (χ0) is 9.90. The van der Waals surface area contributed by atoms with E-state index in [2.05, 4.69) is 51.6 Å². The van der Waals surface area contributed by atoms with Crippen LogP contribution in [0.3, 0.4) is 0 Å². The molecule has 1 unspecified atom stereocenters. The second kappa shape index (κ2) is 3.78. The largest absolute Gasteiger partial charge is 0.102 e. The molecule has 0 spiro atoms. The second-order valence-electron chi connectivity index (χ2n) is 3.84. The highest BCUT2D eigenvalue weighted by atomic mass is 14.2. The summed E-state index contributed by atoms with van der Waals surface area (Å²) in [6, 6.07) is 8.71. The van der Waals surface area contributed by atoms with E-state index in [9.17, 15) is 0 Å². The molecule has 1 aromatic rings. The lowest BCUT2D eigenvalue weighted by Crippen LogP contribution is -2.16. The van der Waals surface area contributed by atoms with Gasteiger partial charge in [0.1, 0.15) is 0 Å². The van der Waals surface area contributed by atoms with Crippen molar-refractivity contribution in [3.63, 3.8) is 0 Å². The molecule has 0 radical (unpaired) electrons.